The second kappa shape index (κ2) is 5.93. The third-order valence-corrected chi connectivity index (χ3v) is 8.22. The number of rotatable bonds is 2. The molecule has 1 aromatic carbocycles. The molecule has 18 heavy (non-hydrogen) atoms. The van der Waals surface area contributed by atoms with E-state index in [1.807, 2.05) is 24.3 Å². The summed E-state index contributed by atoms with van der Waals surface area (Å²) in [6.07, 6.45) is 0. The molecule has 0 atom stereocenters. The quantitative estimate of drug-likeness (QED) is 0.563. The Hall–Kier alpha value is -0.753. The lowest BCUT2D eigenvalue weighted by Crippen LogP contribution is -2.40. The zero-order valence-corrected chi connectivity index (χ0v) is 13.6. The van der Waals surface area contributed by atoms with Gasteiger partial charge in [0.15, 0.2) is 8.32 Å². The van der Waals surface area contributed by atoms with Crippen molar-refractivity contribution in [2.75, 3.05) is 6.61 Å². The lowest BCUT2D eigenvalue weighted by molar-refractivity contribution is 0.334. The minimum atomic E-state index is -1.69. The van der Waals surface area contributed by atoms with Crippen molar-refractivity contribution in [2.45, 2.75) is 38.9 Å². The zero-order valence-electron chi connectivity index (χ0n) is 11.8. The minimum Gasteiger partial charge on any atom is -0.406 e. The van der Waals surface area contributed by atoms with E-state index in [1.165, 1.54) is 0 Å². The first-order chi connectivity index (χ1) is 8.24. The maximum atomic E-state index is 6.03. The van der Waals surface area contributed by atoms with Crippen molar-refractivity contribution in [1.82, 2.24) is 0 Å². The van der Waals surface area contributed by atoms with Gasteiger partial charge >= 0.3 is 0 Å². The van der Waals surface area contributed by atoms with Gasteiger partial charge in [-0.05, 0) is 30.3 Å². The highest BCUT2D eigenvalue weighted by Crippen LogP contribution is 2.36. The van der Waals surface area contributed by atoms with Crippen LogP contribution in [0.1, 0.15) is 26.3 Å². The molecule has 3 heteroatoms. The molecule has 0 N–H and O–H groups in total. The lowest BCUT2D eigenvalue weighted by Gasteiger charge is -2.35. The van der Waals surface area contributed by atoms with E-state index in [2.05, 4.69) is 45.7 Å². The van der Waals surface area contributed by atoms with E-state index in [0.29, 0.717) is 11.6 Å². The molecule has 0 aliphatic rings. The fraction of sp³-hybridized carbons (Fsp3) is 0.467. The average Bonchev–Trinajstić information content (AvgIpc) is 2.25. The SMILES string of the molecule is CC(C)(C)[Si](C)(C)OCC#Cc1ccccc1Cl. The summed E-state index contributed by atoms with van der Waals surface area (Å²) in [4.78, 5) is 0. The first-order valence-electron chi connectivity index (χ1n) is 6.11. The van der Waals surface area contributed by atoms with Gasteiger partial charge in [0, 0.05) is 5.56 Å². The van der Waals surface area contributed by atoms with Crippen LogP contribution in [0.5, 0.6) is 0 Å². The molecule has 0 saturated heterocycles. The van der Waals surface area contributed by atoms with Crippen molar-refractivity contribution in [1.29, 1.82) is 0 Å². The Balaban J connectivity index is 2.61. The Morgan fingerprint density at radius 3 is 2.39 bits per heavy atom. The van der Waals surface area contributed by atoms with E-state index in [0.717, 1.165) is 5.56 Å². The summed E-state index contributed by atoms with van der Waals surface area (Å²) in [6, 6.07) is 7.60. The first-order valence-corrected chi connectivity index (χ1v) is 9.40. The summed E-state index contributed by atoms with van der Waals surface area (Å²) in [5.74, 6) is 6.10. The molecular formula is C15H21ClOSi. The maximum absolute atomic E-state index is 6.03. The van der Waals surface area contributed by atoms with Gasteiger partial charge in [-0.15, -0.1) is 0 Å². The topological polar surface area (TPSA) is 9.23 Å². The zero-order chi connectivity index (χ0) is 13.8. The molecule has 98 valence electrons. The van der Waals surface area contributed by atoms with Gasteiger partial charge in [-0.3, -0.25) is 0 Å². The van der Waals surface area contributed by atoms with Crippen LogP contribution in [-0.2, 0) is 4.43 Å². The minimum absolute atomic E-state index is 0.221. The molecule has 0 radical (unpaired) electrons. The first kappa shape index (κ1) is 15.3. The molecule has 0 heterocycles. The van der Waals surface area contributed by atoms with Gasteiger partial charge in [-0.1, -0.05) is 56.3 Å². The summed E-state index contributed by atoms with van der Waals surface area (Å²) >= 11 is 6.03. The second-order valence-electron chi connectivity index (χ2n) is 5.83. The van der Waals surface area contributed by atoms with E-state index in [1.54, 1.807) is 0 Å². The van der Waals surface area contributed by atoms with Gasteiger partial charge in [0.2, 0.25) is 0 Å². The summed E-state index contributed by atoms with van der Waals surface area (Å²) in [6.45, 7) is 11.6. The van der Waals surface area contributed by atoms with Crippen molar-refractivity contribution in [3.05, 3.63) is 34.9 Å². The Morgan fingerprint density at radius 2 is 1.83 bits per heavy atom. The van der Waals surface area contributed by atoms with Crippen molar-refractivity contribution in [3.63, 3.8) is 0 Å². The molecule has 0 bridgehead atoms. The molecule has 0 aromatic heterocycles. The Kier molecular flexibility index (Phi) is 5.04. The molecular weight excluding hydrogens is 260 g/mol. The van der Waals surface area contributed by atoms with Crippen LogP contribution >= 0.6 is 11.6 Å². The Labute approximate surface area is 117 Å². The van der Waals surface area contributed by atoms with Gasteiger partial charge in [0.05, 0.1) is 11.6 Å². The molecule has 0 aliphatic carbocycles. The third-order valence-electron chi connectivity index (χ3n) is 3.41. The maximum Gasteiger partial charge on any atom is 0.193 e. The van der Waals surface area contributed by atoms with Crippen molar-refractivity contribution < 1.29 is 4.43 Å². The van der Waals surface area contributed by atoms with Gasteiger partial charge in [0.1, 0.15) is 0 Å². The summed E-state index contributed by atoms with van der Waals surface area (Å²) < 4.78 is 5.98. The highest BCUT2D eigenvalue weighted by molar-refractivity contribution is 6.74. The third kappa shape index (κ3) is 4.17. The van der Waals surface area contributed by atoms with E-state index in [9.17, 15) is 0 Å². The molecule has 1 rings (SSSR count). The van der Waals surface area contributed by atoms with Crippen LogP contribution in [0.3, 0.4) is 0 Å². The highest BCUT2D eigenvalue weighted by Gasteiger charge is 2.36. The standard InChI is InChI=1S/C15H21ClOSi/c1-15(2,3)18(4,5)17-12-8-10-13-9-6-7-11-14(13)16/h6-7,9,11H,12H2,1-5H3. The molecule has 0 aliphatic heterocycles. The Morgan fingerprint density at radius 1 is 1.22 bits per heavy atom. The number of hydrogen-bond donors (Lipinski definition) is 0. The van der Waals surface area contributed by atoms with E-state index < -0.39 is 8.32 Å². The average molecular weight is 281 g/mol. The van der Waals surface area contributed by atoms with Crippen LogP contribution in [0.15, 0.2) is 24.3 Å². The molecule has 0 unspecified atom stereocenters. The predicted octanol–water partition coefficient (Wildman–Crippen LogP) is 4.71. The molecule has 0 spiro atoms. The molecule has 0 saturated carbocycles. The second-order valence-corrected chi connectivity index (χ2v) is 11.0. The van der Waals surface area contributed by atoms with Crippen LogP contribution in [0.2, 0.25) is 23.2 Å². The summed E-state index contributed by atoms with van der Waals surface area (Å²) in [5, 5.41) is 0.913. The van der Waals surface area contributed by atoms with Crippen LogP contribution < -0.4 is 0 Å². The summed E-state index contributed by atoms with van der Waals surface area (Å²) in [7, 11) is -1.69. The lowest BCUT2D eigenvalue weighted by atomic mass is 10.2. The van der Waals surface area contributed by atoms with E-state index >= 15 is 0 Å². The van der Waals surface area contributed by atoms with Crippen LogP contribution in [-0.4, -0.2) is 14.9 Å². The van der Waals surface area contributed by atoms with Gasteiger partial charge in [-0.2, -0.15) is 0 Å². The van der Waals surface area contributed by atoms with Gasteiger partial charge in [-0.25, -0.2) is 0 Å². The number of hydrogen-bond acceptors (Lipinski definition) is 1. The molecule has 0 fully saturated rings. The van der Waals surface area contributed by atoms with Crippen LogP contribution in [0, 0.1) is 11.8 Å². The molecule has 0 amide bonds. The summed E-state index contributed by atoms with van der Waals surface area (Å²) in [5.41, 5.74) is 0.859. The van der Waals surface area contributed by atoms with Crippen LogP contribution in [0.25, 0.3) is 0 Å². The highest BCUT2D eigenvalue weighted by atomic mass is 35.5. The van der Waals surface area contributed by atoms with Crippen molar-refractivity contribution in [3.8, 4) is 11.8 Å². The molecule has 1 nitrogen and oxygen atoms in total. The largest absolute Gasteiger partial charge is 0.406 e. The molecule has 1 aromatic rings. The normalized spacial score (nSPS) is 11.9. The fourth-order valence-electron chi connectivity index (χ4n) is 1.13. The van der Waals surface area contributed by atoms with Crippen molar-refractivity contribution in [2.24, 2.45) is 0 Å². The van der Waals surface area contributed by atoms with E-state index in [-0.39, 0.29) is 5.04 Å². The number of benzene rings is 1. The van der Waals surface area contributed by atoms with Crippen LogP contribution in [0.4, 0.5) is 0 Å². The Bertz CT molecular complexity index is 463. The van der Waals surface area contributed by atoms with Gasteiger partial charge < -0.3 is 4.43 Å². The monoisotopic (exact) mass is 280 g/mol. The fourth-order valence-corrected chi connectivity index (χ4v) is 2.18. The van der Waals surface area contributed by atoms with Crippen molar-refractivity contribution >= 4 is 19.9 Å². The number of halogens is 1. The van der Waals surface area contributed by atoms with E-state index in [4.69, 9.17) is 16.0 Å². The predicted molar refractivity (Wildman–Crippen MR) is 81.5 cm³/mol. The smallest absolute Gasteiger partial charge is 0.193 e. The van der Waals surface area contributed by atoms with Gasteiger partial charge in [0.25, 0.3) is 0 Å².